The van der Waals surface area contributed by atoms with Crippen LogP contribution in [0.5, 0.6) is 0 Å². The van der Waals surface area contributed by atoms with Crippen molar-refractivity contribution in [2.45, 2.75) is 52.5 Å². The molecule has 1 aromatic rings. The Bertz CT molecular complexity index is 387. The lowest BCUT2D eigenvalue weighted by molar-refractivity contribution is 0.309. The first-order valence-corrected chi connectivity index (χ1v) is 6.86. The van der Waals surface area contributed by atoms with Crippen molar-refractivity contribution in [2.75, 3.05) is 6.54 Å². The maximum Gasteiger partial charge on any atom is 0.0440 e. The maximum absolute atomic E-state index is 3.78. The summed E-state index contributed by atoms with van der Waals surface area (Å²) in [5, 5.41) is 3.78. The quantitative estimate of drug-likeness (QED) is 0.831. The molecule has 1 atom stereocenters. The van der Waals surface area contributed by atoms with E-state index in [0.29, 0.717) is 0 Å². The van der Waals surface area contributed by atoms with Crippen molar-refractivity contribution in [1.29, 1.82) is 0 Å². The zero-order valence-electron chi connectivity index (χ0n) is 11.6. The second-order valence-electron chi connectivity index (χ2n) is 6.03. The van der Waals surface area contributed by atoms with E-state index in [-0.39, 0.29) is 5.54 Å². The van der Waals surface area contributed by atoms with E-state index in [1.54, 1.807) is 0 Å². The fourth-order valence-electron chi connectivity index (χ4n) is 3.37. The molecule has 0 aromatic heterocycles. The Morgan fingerprint density at radius 2 is 2.06 bits per heavy atom. The van der Waals surface area contributed by atoms with Gasteiger partial charge in [-0.2, -0.15) is 0 Å². The Kier molecular flexibility index (Phi) is 3.58. The van der Waals surface area contributed by atoms with Crippen molar-refractivity contribution in [3.8, 4) is 0 Å². The van der Waals surface area contributed by atoms with Crippen LogP contribution in [0.4, 0.5) is 0 Å². The van der Waals surface area contributed by atoms with Crippen molar-refractivity contribution in [3.63, 3.8) is 0 Å². The zero-order valence-corrected chi connectivity index (χ0v) is 11.6. The lowest BCUT2D eigenvalue weighted by Crippen LogP contribution is -2.38. The summed E-state index contributed by atoms with van der Waals surface area (Å²) in [6.07, 6.45) is 3.84. The van der Waals surface area contributed by atoms with Crippen LogP contribution in [-0.2, 0) is 5.54 Å². The minimum Gasteiger partial charge on any atom is -0.307 e. The van der Waals surface area contributed by atoms with E-state index in [2.05, 4.69) is 51.2 Å². The van der Waals surface area contributed by atoms with Crippen molar-refractivity contribution in [1.82, 2.24) is 5.32 Å². The lowest BCUT2D eigenvalue weighted by atomic mass is 9.79. The van der Waals surface area contributed by atoms with Crippen LogP contribution in [0.25, 0.3) is 0 Å². The van der Waals surface area contributed by atoms with E-state index in [0.717, 1.165) is 5.92 Å². The Morgan fingerprint density at radius 3 is 2.59 bits per heavy atom. The number of hydrogen-bond acceptors (Lipinski definition) is 1. The molecule has 1 unspecified atom stereocenters. The van der Waals surface area contributed by atoms with E-state index < -0.39 is 0 Å². The molecule has 1 fully saturated rings. The fourth-order valence-corrected chi connectivity index (χ4v) is 3.37. The third-order valence-corrected chi connectivity index (χ3v) is 3.90. The van der Waals surface area contributed by atoms with Gasteiger partial charge in [0.15, 0.2) is 0 Å². The molecule has 0 aliphatic carbocycles. The highest BCUT2D eigenvalue weighted by Gasteiger charge is 2.36. The molecule has 0 radical (unpaired) electrons. The molecule has 0 amide bonds. The number of rotatable bonds is 3. The number of nitrogens with one attached hydrogen (secondary N) is 1. The van der Waals surface area contributed by atoms with Crippen LogP contribution in [0.1, 0.15) is 49.8 Å². The largest absolute Gasteiger partial charge is 0.307 e. The molecule has 94 valence electrons. The molecular formula is C16H25N. The van der Waals surface area contributed by atoms with Crippen LogP contribution in [-0.4, -0.2) is 6.54 Å². The van der Waals surface area contributed by atoms with Crippen molar-refractivity contribution in [2.24, 2.45) is 5.92 Å². The van der Waals surface area contributed by atoms with Gasteiger partial charge >= 0.3 is 0 Å². The minimum absolute atomic E-state index is 0.242. The van der Waals surface area contributed by atoms with Gasteiger partial charge < -0.3 is 5.32 Å². The zero-order chi connectivity index (χ0) is 12.5. The third kappa shape index (κ3) is 2.55. The van der Waals surface area contributed by atoms with Crippen LogP contribution < -0.4 is 5.32 Å². The normalized spacial score (nSPS) is 24.5. The second kappa shape index (κ2) is 4.81. The van der Waals surface area contributed by atoms with Gasteiger partial charge in [0.1, 0.15) is 0 Å². The summed E-state index contributed by atoms with van der Waals surface area (Å²) in [5.41, 5.74) is 4.57. The molecule has 1 aliphatic rings. The molecule has 1 heteroatoms. The average Bonchev–Trinajstić information content (AvgIpc) is 2.65. The summed E-state index contributed by atoms with van der Waals surface area (Å²) in [5.74, 6) is 0.737. The molecule has 0 spiro atoms. The van der Waals surface area contributed by atoms with Crippen LogP contribution in [0.2, 0.25) is 0 Å². The molecule has 1 heterocycles. The van der Waals surface area contributed by atoms with Gasteiger partial charge in [0.05, 0.1) is 0 Å². The third-order valence-electron chi connectivity index (χ3n) is 3.90. The highest BCUT2D eigenvalue weighted by atomic mass is 15.0. The summed E-state index contributed by atoms with van der Waals surface area (Å²) in [4.78, 5) is 0. The van der Waals surface area contributed by atoms with Gasteiger partial charge in [-0.05, 0) is 56.7 Å². The van der Waals surface area contributed by atoms with Gasteiger partial charge in [-0.25, -0.2) is 0 Å². The lowest BCUT2D eigenvalue weighted by Gasteiger charge is -2.33. The predicted molar refractivity (Wildman–Crippen MR) is 74.3 cm³/mol. The van der Waals surface area contributed by atoms with E-state index in [1.165, 1.54) is 42.5 Å². The standard InChI is InChI=1S/C16H25N/c1-12(2)11-16(8-5-9-17-16)15-7-6-13(3)10-14(15)4/h6-7,10,12,17H,5,8-9,11H2,1-4H3. The summed E-state index contributed by atoms with van der Waals surface area (Å²) in [7, 11) is 0. The van der Waals surface area contributed by atoms with Crippen molar-refractivity contribution >= 4 is 0 Å². The van der Waals surface area contributed by atoms with E-state index in [1.807, 2.05) is 0 Å². The molecule has 1 N–H and O–H groups in total. The monoisotopic (exact) mass is 231 g/mol. The molecule has 1 saturated heterocycles. The Morgan fingerprint density at radius 1 is 1.29 bits per heavy atom. The molecule has 0 saturated carbocycles. The van der Waals surface area contributed by atoms with Gasteiger partial charge in [0.2, 0.25) is 0 Å². The molecular weight excluding hydrogens is 206 g/mol. The van der Waals surface area contributed by atoms with Crippen LogP contribution in [0.3, 0.4) is 0 Å². The Labute approximate surface area is 106 Å². The molecule has 2 rings (SSSR count). The predicted octanol–water partition coefficient (Wildman–Crippen LogP) is 3.93. The van der Waals surface area contributed by atoms with E-state index >= 15 is 0 Å². The molecule has 1 aliphatic heterocycles. The Balaban J connectivity index is 2.38. The fraction of sp³-hybridized carbons (Fsp3) is 0.625. The molecule has 17 heavy (non-hydrogen) atoms. The molecule has 1 nitrogen and oxygen atoms in total. The second-order valence-corrected chi connectivity index (χ2v) is 6.03. The topological polar surface area (TPSA) is 12.0 Å². The summed E-state index contributed by atoms with van der Waals surface area (Å²) < 4.78 is 0. The Hall–Kier alpha value is -0.820. The van der Waals surface area contributed by atoms with Gasteiger partial charge in [-0.15, -0.1) is 0 Å². The van der Waals surface area contributed by atoms with Gasteiger partial charge in [-0.1, -0.05) is 37.6 Å². The smallest absolute Gasteiger partial charge is 0.0440 e. The van der Waals surface area contributed by atoms with Crippen LogP contribution >= 0.6 is 0 Å². The van der Waals surface area contributed by atoms with E-state index in [9.17, 15) is 0 Å². The van der Waals surface area contributed by atoms with Crippen LogP contribution in [0, 0.1) is 19.8 Å². The molecule has 1 aromatic carbocycles. The first kappa shape index (κ1) is 12.6. The van der Waals surface area contributed by atoms with Crippen molar-refractivity contribution < 1.29 is 0 Å². The van der Waals surface area contributed by atoms with Crippen molar-refractivity contribution in [3.05, 3.63) is 34.9 Å². The van der Waals surface area contributed by atoms with Gasteiger partial charge in [0.25, 0.3) is 0 Å². The summed E-state index contributed by atoms with van der Waals surface area (Å²) in [6, 6.07) is 6.91. The summed E-state index contributed by atoms with van der Waals surface area (Å²) in [6.45, 7) is 10.2. The summed E-state index contributed by atoms with van der Waals surface area (Å²) >= 11 is 0. The number of aryl methyl sites for hydroxylation is 2. The highest BCUT2D eigenvalue weighted by Crippen LogP contribution is 2.38. The van der Waals surface area contributed by atoms with Gasteiger partial charge in [-0.3, -0.25) is 0 Å². The first-order chi connectivity index (χ1) is 8.03. The SMILES string of the molecule is Cc1ccc(C2(CC(C)C)CCCN2)c(C)c1. The molecule has 0 bridgehead atoms. The highest BCUT2D eigenvalue weighted by molar-refractivity contribution is 5.36. The first-order valence-electron chi connectivity index (χ1n) is 6.86. The van der Waals surface area contributed by atoms with Crippen LogP contribution in [0.15, 0.2) is 18.2 Å². The van der Waals surface area contributed by atoms with E-state index in [4.69, 9.17) is 0 Å². The maximum atomic E-state index is 3.78. The minimum atomic E-state index is 0.242. The average molecular weight is 231 g/mol. The number of hydrogen-bond donors (Lipinski definition) is 1. The number of benzene rings is 1. The van der Waals surface area contributed by atoms with Gasteiger partial charge in [0, 0.05) is 5.54 Å².